The maximum Gasteiger partial charge on any atom is 0.265 e. The second-order valence-electron chi connectivity index (χ2n) is 6.71. The summed E-state index contributed by atoms with van der Waals surface area (Å²) in [5.41, 5.74) is 2.45. The highest BCUT2D eigenvalue weighted by Gasteiger charge is 2.04. The fraction of sp³-hybridized carbons (Fsp3) is 0.947. The zero-order chi connectivity index (χ0) is 17.2. The highest BCUT2D eigenvalue weighted by molar-refractivity contribution is 5.74. The Balaban J connectivity index is 3.17. The van der Waals surface area contributed by atoms with Gasteiger partial charge in [0.1, 0.15) is 0 Å². The van der Waals surface area contributed by atoms with Gasteiger partial charge in [-0.15, -0.1) is 0 Å². The van der Waals surface area contributed by atoms with Crippen molar-refractivity contribution >= 4 is 5.91 Å². The molecule has 0 rings (SSSR count). The summed E-state index contributed by atoms with van der Waals surface area (Å²) in [7, 11) is 0. The average molecular weight is 329 g/mol. The summed E-state index contributed by atoms with van der Waals surface area (Å²) in [6, 6.07) is 0. The van der Waals surface area contributed by atoms with Crippen LogP contribution in [-0.4, -0.2) is 12.5 Å². The SMILES string of the molecule is CCCCCCCCCCCCCCCC(=O)N[NH+]([O-])CCC. The Morgan fingerprint density at radius 2 is 1.17 bits per heavy atom. The van der Waals surface area contributed by atoms with Crippen molar-refractivity contribution in [1.29, 1.82) is 0 Å². The third kappa shape index (κ3) is 17.6. The standard InChI is InChI=1S/C19H40N2O2/c1-3-5-6-7-8-9-10-11-12-13-14-15-16-17-19(22)20-21(23)18-4-2/h21H,3-18H2,1-2H3,(H,20,22). The number of rotatable bonds is 17. The van der Waals surface area contributed by atoms with Crippen LogP contribution in [0.15, 0.2) is 0 Å². The highest BCUT2D eigenvalue weighted by Crippen LogP contribution is 2.12. The Hall–Kier alpha value is -0.610. The Labute approximate surface area is 143 Å². The number of quaternary nitrogens is 1. The van der Waals surface area contributed by atoms with Gasteiger partial charge in [0.15, 0.2) is 0 Å². The van der Waals surface area contributed by atoms with Gasteiger partial charge in [-0.1, -0.05) is 90.9 Å². The second kappa shape index (κ2) is 17.7. The second-order valence-corrected chi connectivity index (χ2v) is 6.71. The first-order valence-corrected chi connectivity index (χ1v) is 10.0. The van der Waals surface area contributed by atoms with Gasteiger partial charge in [-0.3, -0.25) is 9.97 Å². The van der Waals surface area contributed by atoms with E-state index in [0.29, 0.717) is 13.0 Å². The molecule has 0 aromatic carbocycles. The monoisotopic (exact) mass is 328 g/mol. The molecule has 4 heteroatoms. The number of hydroxylamine groups is 1. The molecule has 1 unspecified atom stereocenters. The first kappa shape index (κ1) is 22.4. The number of unbranched alkanes of at least 4 members (excludes halogenated alkanes) is 12. The molecule has 0 aliphatic carbocycles. The van der Waals surface area contributed by atoms with E-state index in [-0.39, 0.29) is 11.1 Å². The minimum atomic E-state index is -0.132. The summed E-state index contributed by atoms with van der Waals surface area (Å²) < 4.78 is 0. The summed E-state index contributed by atoms with van der Waals surface area (Å²) in [5.74, 6) is -0.105. The molecule has 0 bridgehead atoms. The minimum Gasteiger partial charge on any atom is -0.608 e. The lowest BCUT2D eigenvalue weighted by molar-refractivity contribution is -0.886. The van der Waals surface area contributed by atoms with E-state index in [1.807, 2.05) is 6.92 Å². The topological polar surface area (TPSA) is 56.6 Å². The summed E-state index contributed by atoms with van der Waals surface area (Å²) in [4.78, 5) is 11.5. The van der Waals surface area contributed by atoms with E-state index in [1.165, 1.54) is 70.6 Å². The van der Waals surface area contributed by atoms with E-state index in [0.717, 1.165) is 19.3 Å². The van der Waals surface area contributed by atoms with E-state index < -0.39 is 0 Å². The molecular formula is C19H40N2O2. The maximum absolute atomic E-state index is 11.5. The van der Waals surface area contributed by atoms with Crippen molar-refractivity contribution in [2.45, 2.75) is 110 Å². The van der Waals surface area contributed by atoms with Gasteiger partial charge >= 0.3 is 0 Å². The van der Waals surface area contributed by atoms with Gasteiger partial charge in [-0.25, -0.2) is 5.43 Å². The largest absolute Gasteiger partial charge is 0.608 e. The molecule has 0 heterocycles. The van der Waals surface area contributed by atoms with Crippen LogP contribution in [0.3, 0.4) is 0 Å². The fourth-order valence-corrected chi connectivity index (χ4v) is 2.81. The van der Waals surface area contributed by atoms with Crippen molar-refractivity contribution in [3.63, 3.8) is 0 Å². The molecule has 0 aliphatic heterocycles. The van der Waals surface area contributed by atoms with Crippen LogP contribution in [-0.2, 0) is 4.79 Å². The molecule has 0 aliphatic rings. The van der Waals surface area contributed by atoms with Crippen molar-refractivity contribution in [1.82, 2.24) is 5.43 Å². The third-order valence-electron chi connectivity index (χ3n) is 4.26. The minimum absolute atomic E-state index is 0.105. The molecule has 4 nitrogen and oxygen atoms in total. The lowest BCUT2D eigenvalue weighted by atomic mass is 10.0. The molecule has 23 heavy (non-hydrogen) atoms. The lowest BCUT2D eigenvalue weighted by Crippen LogP contribution is -3.14. The molecule has 0 radical (unpaired) electrons. The number of carbonyl (C=O) groups is 1. The van der Waals surface area contributed by atoms with Crippen LogP contribution in [0, 0.1) is 5.21 Å². The van der Waals surface area contributed by atoms with Crippen LogP contribution in [0.4, 0.5) is 0 Å². The zero-order valence-corrected chi connectivity index (χ0v) is 15.6. The van der Waals surface area contributed by atoms with Gasteiger partial charge in [0, 0.05) is 6.42 Å². The Morgan fingerprint density at radius 3 is 1.61 bits per heavy atom. The van der Waals surface area contributed by atoms with Crippen molar-refractivity contribution in [3.8, 4) is 0 Å². The van der Waals surface area contributed by atoms with E-state index in [4.69, 9.17) is 0 Å². The quantitative estimate of drug-likeness (QED) is 0.309. The van der Waals surface area contributed by atoms with Crippen molar-refractivity contribution in [2.24, 2.45) is 0 Å². The molecule has 0 fully saturated rings. The van der Waals surface area contributed by atoms with Gasteiger partial charge in [0.05, 0.1) is 6.54 Å². The number of carbonyl (C=O) groups excluding carboxylic acids is 1. The molecule has 0 saturated heterocycles. The van der Waals surface area contributed by atoms with Crippen LogP contribution in [0.2, 0.25) is 0 Å². The van der Waals surface area contributed by atoms with Gasteiger partial charge in [-0.05, 0) is 12.8 Å². The first-order chi connectivity index (χ1) is 11.2. The average Bonchev–Trinajstić information content (AvgIpc) is 2.52. The maximum atomic E-state index is 11.5. The lowest BCUT2D eigenvalue weighted by Gasteiger charge is -2.20. The Kier molecular flexibility index (Phi) is 17.3. The van der Waals surface area contributed by atoms with E-state index in [9.17, 15) is 10.0 Å². The Bertz CT molecular complexity index is 260. The molecule has 138 valence electrons. The smallest absolute Gasteiger partial charge is 0.265 e. The Morgan fingerprint density at radius 1 is 0.739 bits per heavy atom. The number of amides is 1. The molecule has 0 aromatic heterocycles. The van der Waals surface area contributed by atoms with Gasteiger partial charge in [0.2, 0.25) is 0 Å². The van der Waals surface area contributed by atoms with Crippen LogP contribution >= 0.6 is 0 Å². The normalized spacial score (nSPS) is 12.3. The number of hydrogen-bond donors (Lipinski definition) is 2. The molecular weight excluding hydrogens is 288 g/mol. The zero-order valence-electron chi connectivity index (χ0n) is 15.6. The van der Waals surface area contributed by atoms with Crippen LogP contribution in [0.25, 0.3) is 0 Å². The highest BCUT2D eigenvalue weighted by atomic mass is 16.5. The van der Waals surface area contributed by atoms with Crippen molar-refractivity contribution < 1.29 is 9.97 Å². The van der Waals surface area contributed by atoms with E-state index >= 15 is 0 Å². The van der Waals surface area contributed by atoms with Crippen LogP contribution < -0.4 is 10.6 Å². The van der Waals surface area contributed by atoms with E-state index in [1.54, 1.807) is 0 Å². The molecule has 2 N–H and O–H groups in total. The molecule has 1 amide bonds. The van der Waals surface area contributed by atoms with Gasteiger partial charge in [0.25, 0.3) is 5.91 Å². The van der Waals surface area contributed by atoms with E-state index in [2.05, 4.69) is 12.3 Å². The summed E-state index contributed by atoms with van der Waals surface area (Å²) in [6.07, 6.45) is 18.2. The van der Waals surface area contributed by atoms with Crippen LogP contribution in [0.5, 0.6) is 0 Å². The van der Waals surface area contributed by atoms with Crippen molar-refractivity contribution in [3.05, 3.63) is 5.21 Å². The molecule has 0 aromatic rings. The number of nitrogens with one attached hydrogen (secondary N) is 2. The van der Waals surface area contributed by atoms with Crippen molar-refractivity contribution in [2.75, 3.05) is 6.54 Å². The predicted molar refractivity (Wildman–Crippen MR) is 97.9 cm³/mol. The van der Waals surface area contributed by atoms with Crippen LogP contribution in [0.1, 0.15) is 110 Å². The van der Waals surface area contributed by atoms with Gasteiger partial charge < -0.3 is 5.21 Å². The predicted octanol–water partition coefficient (Wildman–Crippen LogP) is 4.29. The summed E-state index contributed by atoms with van der Waals surface area (Å²) in [6.45, 7) is 4.65. The molecule has 0 spiro atoms. The summed E-state index contributed by atoms with van der Waals surface area (Å²) in [5, 5.41) is 11.1. The first-order valence-electron chi connectivity index (χ1n) is 10.0. The third-order valence-corrected chi connectivity index (χ3v) is 4.26. The number of hydrogen-bond acceptors (Lipinski definition) is 2. The summed E-state index contributed by atoms with van der Waals surface area (Å²) >= 11 is 0. The fourth-order valence-electron chi connectivity index (χ4n) is 2.81. The molecule has 1 atom stereocenters. The molecule has 0 saturated carbocycles. The van der Waals surface area contributed by atoms with Gasteiger partial charge in [-0.2, -0.15) is 0 Å².